The van der Waals surface area contributed by atoms with Gasteiger partial charge in [-0.25, -0.2) is 4.57 Å². The van der Waals surface area contributed by atoms with E-state index in [1.807, 2.05) is 27.2 Å². The minimum Gasteiger partial charge on any atom is -0.387 e. The number of quaternary nitrogens is 1. The molecule has 8 nitrogen and oxygen atoms in total. The van der Waals surface area contributed by atoms with Crippen LogP contribution < -0.4 is 5.32 Å². The summed E-state index contributed by atoms with van der Waals surface area (Å²) in [6.45, 7) is 4.86. The first kappa shape index (κ1) is 75.0. The Balaban J connectivity index is 4.11. The van der Waals surface area contributed by atoms with Gasteiger partial charge in [-0.1, -0.05) is 334 Å². The molecule has 0 saturated carbocycles. The van der Waals surface area contributed by atoms with Gasteiger partial charge in [0.2, 0.25) is 5.91 Å². The Morgan fingerprint density at radius 2 is 0.724 bits per heavy atom. The van der Waals surface area contributed by atoms with Crippen LogP contribution >= 0.6 is 7.82 Å². The molecule has 0 aromatic carbocycles. The molecule has 0 spiro atoms. The van der Waals surface area contributed by atoms with Crippen molar-refractivity contribution in [3.8, 4) is 0 Å². The van der Waals surface area contributed by atoms with Crippen molar-refractivity contribution < 1.29 is 32.9 Å². The van der Waals surface area contributed by atoms with Crippen LogP contribution in [0.3, 0.4) is 0 Å². The van der Waals surface area contributed by atoms with Crippen molar-refractivity contribution >= 4 is 13.7 Å². The highest BCUT2D eigenvalue weighted by atomic mass is 31.2. The second kappa shape index (κ2) is 58.6. The molecule has 0 heterocycles. The largest absolute Gasteiger partial charge is 0.472 e. The maximum atomic E-state index is 13.0. The van der Waals surface area contributed by atoms with Crippen LogP contribution in [0, 0.1) is 0 Å². The first-order chi connectivity index (χ1) is 37.0. The summed E-state index contributed by atoms with van der Waals surface area (Å²) in [7, 11) is 1.57. The zero-order chi connectivity index (χ0) is 55.6. The van der Waals surface area contributed by atoms with Gasteiger partial charge in [0.25, 0.3) is 0 Å². The number of nitrogens with zero attached hydrogens (tertiary/aromatic N) is 1. The number of phosphoric acid groups is 1. The molecule has 76 heavy (non-hydrogen) atoms. The fraction of sp³-hybridized carbons (Fsp3) is 0.925. The zero-order valence-electron chi connectivity index (χ0n) is 51.8. The van der Waals surface area contributed by atoms with E-state index in [9.17, 15) is 19.4 Å². The number of carbonyl (C=O) groups is 1. The lowest BCUT2D eigenvalue weighted by molar-refractivity contribution is -0.870. The second-order valence-corrected chi connectivity index (χ2v) is 26.0. The van der Waals surface area contributed by atoms with E-state index in [0.717, 1.165) is 38.5 Å². The smallest absolute Gasteiger partial charge is 0.387 e. The van der Waals surface area contributed by atoms with Gasteiger partial charge in [-0.05, 0) is 32.1 Å². The van der Waals surface area contributed by atoms with Crippen LogP contribution in [-0.4, -0.2) is 73.4 Å². The molecule has 9 heteroatoms. The van der Waals surface area contributed by atoms with Crippen molar-refractivity contribution in [3.63, 3.8) is 0 Å². The van der Waals surface area contributed by atoms with Crippen LogP contribution in [-0.2, 0) is 18.4 Å². The van der Waals surface area contributed by atoms with E-state index in [-0.39, 0.29) is 19.1 Å². The predicted molar refractivity (Wildman–Crippen MR) is 332 cm³/mol. The number of aliphatic hydroxyl groups excluding tert-OH is 1. The Morgan fingerprint density at radius 1 is 0.434 bits per heavy atom. The van der Waals surface area contributed by atoms with Gasteiger partial charge in [0.05, 0.1) is 39.9 Å². The number of rotatable bonds is 63. The first-order valence-corrected chi connectivity index (χ1v) is 35.2. The van der Waals surface area contributed by atoms with Crippen LogP contribution in [0.2, 0.25) is 0 Å². The van der Waals surface area contributed by atoms with Crippen molar-refractivity contribution in [2.45, 2.75) is 360 Å². The highest BCUT2D eigenvalue weighted by Gasteiger charge is 2.28. The van der Waals surface area contributed by atoms with Gasteiger partial charge in [0.1, 0.15) is 13.2 Å². The second-order valence-electron chi connectivity index (χ2n) is 24.6. The third-order valence-electron chi connectivity index (χ3n) is 15.7. The van der Waals surface area contributed by atoms with Crippen LogP contribution in [0.15, 0.2) is 24.3 Å². The number of phosphoric ester groups is 1. The number of hydrogen-bond donors (Lipinski definition) is 3. The summed E-state index contributed by atoms with van der Waals surface area (Å²) in [6, 6.07) is -0.861. The van der Waals surface area contributed by atoms with E-state index in [1.54, 1.807) is 6.08 Å². The lowest BCUT2D eigenvalue weighted by Crippen LogP contribution is -2.45. The number of carbonyl (C=O) groups excluding carboxylic acids is 1. The van der Waals surface area contributed by atoms with E-state index in [0.29, 0.717) is 17.4 Å². The number of hydrogen-bond acceptors (Lipinski definition) is 5. The summed E-state index contributed by atoms with van der Waals surface area (Å²) in [5.74, 6) is -0.178. The van der Waals surface area contributed by atoms with Gasteiger partial charge in [-0.3, -0.25) is 13.8 Å². The highest BCUT2D eigenvalue weighted by molar-refractivity contribution is 7.47. The standard InChI is InChI=1S/C67H133N2O6P/c1-6-8-10-12-14-16-18-20-22-24-26-28-30-32-34-35-36-38-40-42-44-46-48-50-52-54-56-58-60-66(70)65(64-75-76(72,73)74-63-62-69(3,4)5)68-67(71)61-59-57-55-53-51-49-47-45-43-41-39-37-33-31-29-27-25-23-21-19-17-15-13-11-9-7-2/h50,52,58,60,65-66,70H,6-49,51,53-57,59,61-64H2,1-5H3,(H-,68,71,72,73)/p+1/b52-50+,60-58+. The molecule has 0 aliphatic carbocycles. The zero-order valence-corrected chi connectivity index (χ0v) is 52.7. The van der Waals surface area contributed by atoms with E-state index < -0.39 is 20.0 Å². The molecule has 0 bridgehead atoms. The van der Waals surface area contributed by atoms with Gasteiger partial charge >= 0.3 is 7.82 Å². The monoisotopic (exact) mass is 1090 g/mol. The molecular weight excluding hydrogens is 960 g/mol. The molecule has 3 atom stereocenters. The Hall–Kier alpha value is -1.02. The predicted octanol–water partition coefficient (Wildman–Crippen LogP) is 21.1. The minimum atomic E-state index is -4.36. The van der Waals surface area contributed by atoms with Crippen LogP contribution in [0.4, 0.5) is 0 Å². The minimum absolute atomic E-state index is 0.0590. The Bertz CT molecular complexity index is 1290. The van der Waals surface area contributed by atoms with Crippen molar-refractivity contribution in [1.29, 1.82) is 0 Å². The number of nitrogens with one attached hydrogen (secondary N) is 1. The van der Waals surface area contributed by atoms with Gasteiger partial charge in [-0.15, -0.1) is 0 Å². The number of unbranched alkanes of at least 4 members (excludes halogenated alkanes) is 48. The van der Waals surface area contributed by atoms with E-state index in [1.165, 1.54) is 289 Å². The molecule has 0 rings (SSSR count). The maximum absolute atomic E-state index is 13.0. The molecule has 3 N–H and O–H groups in total. The molecular formula is C67H134N2O6P+. The van der Waals surface area contributed by atoms with Gasteiger partial charge < -0.3 is 19.8 Å². The molecule has 452 valence electrons. The molecule has 0 aliphatic heterocycles. The fourth-order valence-corrected chi connectivity index (χ4v) is 11.2. The SMILES string of the molecule is CCCCCCCCCCCCCCCCCCCCCCCC/C=C/CC/C=C/C(O)C(COP(=O)(O)OCC[N+](C)(C)C)NC(=O)CCCCCCCCCCCCCCCCCCCCCCCCCCCC. The summed E-state index contributed by atoms with van der Waals surface area (Å²) in [4.78, 5) is 23.4. The lowest BCUT2D eigenvalue weighted by Gasteiger charge is -2.25. The molecule has 0 radical (unpaired) electrons. The molecule has 0 aliphatic rings. The van der Waals surface area contributed by atoms with Crippen molar-refractivity contribution in [2.75, 3.05) is 40.9 Å². The number of aliphatic hydroxyl groups is 1. The molecule has 3 unspecified atom stereocenters. The van der Waals surface area contributed by atoms with E-state index in [4.69, 9.17) is 9.05 Å². The number of amides is 1. The average molecular weight is 1090 g/mol. The van der Waals surface area contributed by atoms with E-state index in [2.05, 4.69) is 31.3 Å². The summed E-state index contributed by atoms with van der Waals surface area (Å²) in [5, 5.41) is 14.0. The van der Waals surface area contributed by atoms with Crippen molar-refractivity contribution in [3.05, 3.63) is 24.3 Å². The number of allylic oxidation sites excluding steroid dienone is 3. The van der Waals surface area contributed by atoms with Gasteiger partial charge in [-0.2, -0.15) is 0 Å². The highest BCUT2D eigenvalue weighted by Crippen LogP contribution is 2.43. The maximum Gasteiger partial charge on any atom is 0.472 e. The lowest BCUT2D eigenvalue weighted by atomic mass is 10.0. The van der Waals surface area contributed by atoms with Gasteiger partial charge in [0, 0.05) is 6.42 Å². The quantitative estimate of drug-likeness (QED) is 0.0243. The summed E-state index contributed by atoms with van der Waals surface area (Å²) in [6.07, 6.45) is 76.1. The van der Waals surface area contributed by atoms with Gasteiger partial charge in [0.15, 0.2) is 0 Å². The average Bonchev–Trinajstić information content (AvgIpc) is 3.38. The fourth-order valence-electron chi connectivity index (χ4n) is 10.4. The third kappa shape index (κ3) is 60.6. The normalized spacial score (nSPS) is 13.8. The summed E-state index contributed by atoms with van der Waals surface area (Å²) in [5.41, 5.74) is 0. The molecule has 0 fully saturated rings. The Labute approximate surface area is 474 Å². The van der Waals surface area contributed by atoms with Crippen LogP contribution in [0.1, 0.15) is 348 Å². The third-order valence-corrected chi connectivity index (χ3v) is 16.7. The van der Waals surface area contributed by atoms with E-state index >= 15 is 0 Å². The molecule has 0 aromatic rings. The van der Waals surface area contributed by atoms with Crippen molar-refractivity contribution in [2.24, 2.45) is 0 Å². The topological polar surface area (TPSA) is 105 Å². The Kier molecular flexibility index (Phi) is 57.8. The van der Waals surface area contributed by atoms with Crippen LogP contribution in [0.25, 0.3) is 0 Å². The summed E-state index contributed by atoms with van der Waals surface area (Å²) >= 11 is 0. The molecule has 0 aromatic heterocycles. The first-order valence-electron chi connectivity index (χ1n) is 33.7. The Morgan fingerprint density at radius 3 is 1.05 bits per heavy atom. The van der Waals surface area contributed by atoms with Crippen LogP contribution in [0.5, 0.6) is 0 Å². The van der Waals surface area contributed by atoms with Crippen molar-refractivity contribution in [1.82, 2.24) is 5.32 Å². The number of likely N-dealkylation sites (N-methyl/N-ethyl adjacent to an activating group) is 1. The summed E-state index contributed by atoms with van der Waals surface area (Å²) < 4.78 is 23.8. The molecule has 0 saturated heterocycles. The molecule has 1 amide bonds.